The second-order valence-electron chi connectivity index (χ2n) is 3.87. The number of methoxy groups -OCH3 is 1. The molecule has 1 N–H and O–H groups in total. The van der Waals surface area contributed by atoms with E-state index >= 15 is 0 Å². The Bertz CT molecular complexity index is 629. The summed E-state index contributed by atoms with van der Waals surface area (Å²) >= 11 is 7.28. The first-order valence-electron chi connectivity index (χ1n) is 6.02. The fraction of sp³-hybridized carbons (Fsp3) is 0.143. The van der Waals surface area contributed by atoms with Crippen LogP contribution >= 0.6 is 22.9 Å². The van der Waals surface area contributed by atoms with Crippen LogP contribution in [0.1, 0.15) is 4.88 Å². The third kappa shape index (κ3) is 4.47. The van der Waals surface area contributed by atoms with Crippen LogP contribution in [-0.2, 0) is 16.1 Å². The van der Waals surface area contributed by atoms with Gasteiger partial charge in [-0.3, -0.25) is 5.43 Å². The first-order chi connectivity index (χ1) is 10.2. The number of hydrogen-bond donors (Lipinski definition) is 1. The van der Waals surface area contributed by atoms with Crippen LogP contribution in [0.25, 0.3) is 0 Å². The third-order valence-corrected chi connectivity index (χ3v) is 3.55. The van der Waals surface area contributed by atoms with Crippen LogP contribution in [0.15, 0.2) is 46.9 Å². The van der Waals surface area contributed by atoms with Crippen molar-refractivity contribution in [2.75, 3.05) is 12.5 Å². The molecule has 2 aromatic rings. The number of nitrogens with zero attached hydrogens (tertiary/aromatic N) is 1. The van der Waals surface area contributed by atoms with E-state index in [-0.39, 0.29) is 5.17 Å². The second kappa shape index (κ2) is 7.66. The minimum Gasteiger partial charge on any atom is -0.486 e. The Kier molecular flexibility index (Phi) is 5.59. The van der Waals surface area contributed by atoms with Gasteiger partial charge in [-0.25, -0.2) is 4.79 Å². The summed E-state index contributed by atoms with van der Waals surface area (Å²) in [5.41, 5.74) is 3.30. The van der Waals surface area contributed by atoms with Crippen molar-refractivity contribution in [3.63, 3.8) is 0 Å². The molecule has 0 atom stereocenters. The summed E-state index contributed by atoms with van der Waals surface area (Å²) in [5, 5.41) is 5.45. The van der Waals surface area contributed by atoms with Crippen molar-refractivity contribution in [3.8, 4) is 5.75 Å². The molecule has 1 aromatic heterocycles. The third-order valence-electron chi connectivity index (χ3n) is 2.47. The van der Waals surface area contributed by atoms with E-state index in [0.717, 1.165) is 4.88 Å². The van der Waals surface area contributed by atoms with E-state index in [1.54, 1.807) is 23.5 Å². The predicted octanol–water partition coefficient (Wildman–Crippen LogP) is 3.46. The number of rotatable bonds is 6. The highest BCUT2D eigenvalue weighted by Gasteiger charge is 2.09. The Balaban J connectivity index is 2.04. The van der Waals surface area contributed by atoms with Gasteiger partial charge in [-0.2, -0.15) is 5.10 Å². The molecule has 0 aliphatic rings. The van der Waals surface area contributed by atoms with Gasteiger partial charge in [-0.1, -0.05) is 29.8 Å². The van der Waals surface area contributed by atoms with Gasteiger partial charge >= 0.3 is 5.97 Å². The maximum atomic E-state index is 11.1. The lowest BCUT2D eigenvalue weighted by Gasteiger charge is -2.10. The molecule has 21 heavy (non-hydrogen) atoms. The molecule has 1 heterocycles. The Hall–Kier alpha value is -2.05. The molecule has 2 rings (SSSR count). The van der Waals surface area contributed by atoms with Crippen molar-refractivity contribution in [2.24, 2.45) is 5.10 Å². The number of nitrogens with one attached hydrogen (secondary N) is 1. The van der Waals surface area contributed by atoms with E-state index in [1.165, 1.54) is 7.11 Å². The number of carbonyl (C=O) groups is 1. The van der Waals surface area contributed by atoms with E-state index < -0.39 is 5.97 Å². The van der Waals surface area contributed by atoms with Crippen molar-refractivity contribution < 1.29 is 14.3 Å². The van der Waals surface area contributed by atoms with Gasteiger partial charge in [0.05, 0.1) is 12.8 Å². The van der Waals surface area contributed by atoms with Crippen molar-refractivity contribution in [1.29, 1.82) is 0 Å². The molecule has 0 aliphatic carbocycles. The molecule has 110 valence electrons. The first kappa shape index (κ1) is 15.3. The molecular formula is C14H13ClN2O3S. The molecule has 7 heteroatoms. The number of esters is 1. The smallest absolute Gasteiger partial charge is 0.370 e. The Morgan fingerprint density at radius 1 is 1.33 bits per heavy atom. The SMILES string of the molecule is COC(=O)/C(Cl)=N/Nc1ccccc1OCc1cccs1. The van der Waals surface area contributed by atoms with Crippen molar-refractivity contribution in [3.05, 3.63) is 46.7 Å². The van der Waals surface area contributed by atoms with E-state index in [9.17, 15) is 4.79 Å². The molecule has 1 aromatic carbocycles. The lowest BCUT2D eigenvalue weighted by Crippen LogP contribution is -2.11. The summed E-state index contributed by atoms with van der Waals surface area (Å²) in [6, 6.07) is 11.2. The van der Waals surface area contributed by atoms with Gasteiger partial charge in [0.1, 0.15) is 12.4 Å². The summed E-state index contributed by atoms with van der Waals surface area (Å²) in [4.78, 5) is 12.3. The van der Waals surface area contributed by atoms with Crippen LogP contribution in [0, 0.1) is 0 Å². The van der Waals surface area contributed by atoms with Crippen molar-refractivity contribution >= 4 is 39.8 Å². The normalized spacial score (nSPS) is 11.0. The van der Waals surface area contributed by atoms with Crippen LogP contribution < -0.4 is 10.2 Å². The molecular weight excluding hydrogens is 312 g/mol. The lowest BCUT2D eigenvalue weighted by atomic mass is 10.3. The van der Waals surface area contributed by atoms with Crippen LogP contribution in [0.3, 0.4) is 0 Å². The van der Waals surface area contributed by atoms with Gasteiger partial charge in [0.15, 0.2) is 0 Å². The highest BCUT2D eigenvalue weighted by Crippen LogP contribution is 2.25. The van der Waals surface area contributed by atoms with Gasteiger partial charge in [-0.15, -0.1) is 11.3 Å². The summed E-state index contributed by atoms with van der Waals surface area (Å²) in [7, 11) is 1.23. The van der Waals surface area contributed by atoms with Crippen LogP contribution in [0.5, 0.6) is 5.75 Å². The number of para-hydroxylation sites is 2. The molecule has 0 saturated carbocycles. The zero-order valence-electron chi connectivity index (χ0n) is 11.2. The summed E-state index contributed by atoms with van der Waals surface area (Å²) in [6.07, 6.45) is 0. The van der Waals surface area contributed by atoms with E-state index in [0.29, 0.717) is 18.0 Å². The van der Waals surface area contributed by atoms with E-state index in [4.69, 9.17) is 16.3 Å². The average molecular weight is 325 g/mol. The number of benzene rings is 1. The maximum absolute atomic E-state index is 11.1. The average Bonchev–Trinajstić information content (AvgIpc) is 3.03. The quantitative estimate of drug-likeness (QED) is 0.502. The standard InChI is InChI=1S/C14H13ClN2O3S/c1-19-14(18)13(15)17-16-11-6-2-3-7-12(11)20-9-10-5-4-8-21-10/h2-8,16H,9H2,1H3/b17-13-. The van der Waals surface area contributed by atoms with E-state index in [1.807, 2.05) is 29.6 Å². The molecule has 0 radical (unpaired) electrons. The zero-order chi connectivity index (χ0) is 15.1. The largest absolute Gasteiger partial charge is 0.486 e. The minimum atomic E-state index is -0.707. The minimum absolute atomic E-state index is 0.287. The monoisotopic (exact) mass is 324 g/mol. The van der Waals surface area contributed by atoms with Gasteiger partial charge in [0.25, 0.3) is 0 Å². The van der Waals surface area contributed by atoms with Gasteiger partial charge < -0.3 is 9.47 Å². The maximum Gasteiger partial charge on any atom is 0.370 e. The molecule has 5 nitrogen and oxygen atoms in total. The Morgan fingerprint density at radius 2 is 2.14 bits per heavy atom. The van der Waals surface area contributed by atoms with Crippen molar-refractivity contribution in [1.82, 2.24) is 0 Å². The summed E-state index contributed by atoms with van der Waals surface area (Å²) in [5.74, 6) is -0.0925. The molecule has 0 bridgehead atoms. The zero-order valence-corrected chi connectivity index (χ0v) is 12.8. The number of ether oxygens (including phenoxy) is 2. The van der Waals surface area contributed by atoms with Gasteiger partial charge in [0.2, 0.25) is 5.17 Å². The Labute approximate surface area is 131 Å². The lowest BCUT2D eigenvalue weighted by molar-refractivity contribution is -0.132. The highest BCUT2D eigenvalue weighted by molar-refractivity contribution is 7.09. The fourth-order valence-corrected chi connectivity index (χ4v) is 2.20. The molecule has 0 unspecified atom stereocenters. The van der Waals surface area contributed by atoms with Crippen LogP contribution in [0.4, 0.5) is 5.69 Å². The topological polar surface area (TPSA) is 59.9 Å². The van der Waals surface area contributed by atoms with E-state index in [2.05, 4.69) is 15.3 Å². The molecule has 0 fully saturated rings. The van der Waals surface area contributed by atoms with Crippen LogP contribution in [-0.4, -0.2) is 18.2 Å². The number of anilines is 1. The second-order valence-corrected chi connectivity index (χ2v) is 5.26. The molecule has 0 saturated heterocycles. The number of carbonyl (C=O) groups excluding carboxylic acids is 1. The van der Waals surface area contributed by atoms with Crippen LogP contribution in [0.2, 0.25) is 0 Å². The van der Waals surface area contributed by atoms with Crippen molar-refractivity contribution in [2.45, 2.75) is 6.61 Å². The molecule has 0 spiro atoms. The fourth-order valence-electron chi connectivity index (χ4n) is 1.47. The summed E-state index contributed by atoms with van der Waals surface area (Å²) < 4.78 is 10.2. The molecule has 0 amide bonds. The van der Waals surface area contributed by atoms with Gasteiger partial charge in [-0.05, 0) is 23.6 Å². The molecule has 0 aliphatic heterocycles. The predicted molar refractivity (Wildman–Crippen MR) is 84.0 cm³/mol. The van der Waals surface area contributed by atoms with Gasteiger partial charge in [0, 0.05) is 4.88 Å². The number of thiophene rings is 1. The summed E-state index contributed by atoms with van der Waals surface area (Å²) in [6.45, 7) is 0.463. The first-order valence-corrected chi connectivity index (χ1v) is 7.28. The highest BCUT2D eigenvalue weighted by atomic mass is 35.5. The number of hydrogen-bond acceptors (Lipinski definition) is 6. The number of halogens is 1. The Morgan fingerprint density at radius 3 is 2.86 bits per heavy atom. The number of hydrazone groups is 1.